The number of nitrogens with zero attached hydrogens (tertiary/aromatic N) is 3. The average molecular weight is 551 g/mol. The highest BCUT2D eigenvalue weighted by atomic mass is 32.2. The second-order valence-electron chi connectivity index (χ2n) is 10.4. The van der Waals surface area contributed by atoms with Gasteiger partial charge in [-0.3, -0.25) is 15.2 Å². The number of nitrogens with two attached hydrogens (primary N) is 1. The molecule has 0 heterocycles. The van der Waals surface area contributed by atoms with Crippen molar-refractivity contribution in [2.24, 2.45) is 5.84 Å². The first kappa shape index (κ1) is 28.5. The molecule has 1 atom stereocenters. The van der Waals surface area contributed by atoms with Gasteiger partial charge in [-0.05, 0) is 37.0 Å². The van der Waals surface area contributed by atoms with E-state index in [0.29, 0.717) is 10.9 Å². The molecule has 1 saturated carbocycles. The number of anilines is 1. The molecule has 0 aromatic heterocycles. The molecule has 4 rings (SSSR count). The van der Waals surface area contributed by atoms with Crippen LogP contribution < -0.4 is 15.5 Å². The van der Waals surface area contributed by atoms with Crippen LogP contribution in [-0.2, 0) is 21.2 Å². The summed E-state index contributed by atoms with van der Waals surface area (Å²) in [4.78, 5) is 17.5. The third-order valence-corrected chi connectivity index (χ3v) is 9.00. The maximum Gasteiger partial charge on any atom is 0.241 e. The van der Waals surface area contributed by atoms with E-state index < -0.39 is 16.1 Å². The Balaban J connectivity index is 1.68. The number of fused-ring (bicyclic) bond motifs is 1. The number of hydrazine groups is 1. The molecule has 0 unspecified atom stereocenters. The summed E-state index contributed by atoms with van der Waals surface area (Å²) in [5.74, 6) is 5.59. The quantitative estimate of drug-likeness (QED) is 0.163. The summed E-state index contributed by atoms with van der Waals surface area (Å²) in [6, 6.07) is 17.0. The van der Waals surface area contributed by atoms with Crippen LogP contribution in [-0.4, -0.2) is 70.3 Å². The zero-order valence-electron chi connectivity index (χ0n) is 23.0. The first-order valence-electron chi connectivity index (χ1n) is 13.1. The van der Waals surface area contributed by atoms with Gasteiger partial charge in [0, 0.05) is 56.3 Å². The fraction of sp³-hybridized carbons (Fsp3) is 0.379. The van der Waals surface area contributed by atoms with Gasteiger partial charge in [0.15, 0.2) is 0 Å². The minimum absolute atomic E-state index is 0.104. The number of amidine groups is 1. The number of carbonyl (C=O) groups excluding carboxylic acids is 1. The Hall–Kier alpha value is -3.47. The van der Waals surface area contributed by atoms with Crippen LogP contribution in [0.5, 0.6) is 0 Å². The van der Waals surface area contributed by atoms with Crippen LogP contribution in [0.2, 0.25) is 0 Å². The third kappa shape index (κ3) is 6.24. The smallest absolute Gasteiger partial charge is 0.241 e. The topological polar surface area (TPSA) is 123 Å². The first-order valence-corrected chi connectivity index (χ1v) is 14.6. The van der Waals surface area contributed by atoms with Crippen molar-refractivity contribution in [2.45, 2.75) is 49.1 Å². The predicted octanol–water partition coefficient (Wildman–Crippen LogP) is 3.33. The number of carbonyl (C=O) groups is 1. The fourth-order valence-electron chi connectivity index (χ4n) is 5.27. The lowest BCUT2D eigenvalue weighted by molar-refractivity contribution is -0.133. The molecule has 10 heteroatoms. The minimum atomic E-state index is -4.06. The lowest BCUT2D eigenvalue weighted by Crippen LogP contribution is -2.50. The van der Waals surface area contributed by atoms with E-state index in [4.69, 9.17) is 11.3 Å². The molecule has 9 nitrogen and oxygen atoms in total. The van der Waals surface area contributed by atoms with Crippen molar-refractivity contribution in [3.05, 3.63) is 71.8 Å². The van der Waals surface area contributed by atoms with Gasteiger partial charge in [0.25, 0.3) is 0 Å². The van der Waals surface area contributed by atoms with Crippen LogP contribution in [0.15, 0.2) is 65.6 Å². The van der Waals surface area contributed by atoms with Crippen molar-refractivity contribution in [1.82, 2.24) is 14.6 Å². The van der Waals surface area contributed by atoms with Gasteiger partial charge in [0.1, 0.15) is 11.9 Å². The van der Waals surface area contributed by atoms with Crippen molar-refractivity contribution in [2.75, 3.05) is 33.1 Å². The van der Waals surface area contributed by atoms with Gasteiger partial charge in [-0.1, -0.05) is 61.4 Å². The SMILES string of the molecule is CN(N)C(=N)c1ccc(C[C@H](NS(=O)(=O)c2cccc3c(N(C)C)cccc23)C(=O)N(C)C2CCCC2)cc1. The Morgan fingerprint density at radius 2 is 1.59 bits per heavy atom. The van der Waals surface area contributed by atoms with Crippen LogP contribution in [0.25, 0.3) is 10.8 Å². The summed E-state index contributed by atoms with van der Waals surface area (Å²) in [7, 11) is 3.13. The molecule has 4 N–H and O–H groups in total. The molecule has 3 aromatic rings. The van der Waals surface area contributed by atoms with E-state index in [1.165, 1.54) is 5.01 Å². The molecule has 1 aliphatic rings. The number of hydrogen-bond donors (Lipinski definition) is 3. The van der Waals surface area contributed by atoms with Gasteiger partial charge in [0.05, 0.1) is 4.90 Å². The average Bonchev–Trinajstić information content (AvgIpc) is 3.46. The molecule has 3 aromatic carbocycles. The van der Waals surface area contributed by atoms with Gasteiger partial charge in [-0.25, -0.2) is 14.3 Å². The second kappa shape index (κ2) is 11.7. The van der Waals surface area contributed by atoms with Crippen molar-refractivity contribution in [1.29, 1.82) is 5.41 Å². The summed E-state index contributed by atoms with van der Waals surface area (Å²) in [6.45, 7) is 0. The lowest BCUT2D eigenvalue weighted by Gasteiger charge is -2.29. The molecule has 0 spiro atoms. The normalized spacial score (nSPS) is 14.8. The zero-order valence-corrected chi connectivity index (χ0v) is 23.8. The lowest BCUT2D eigenvalue weighted by atomic mass is 10.0. The Bertz CT molecular complexity index is 1450. The predicted molar refractivity (Wildman–Crippen MR) is 156 cm³/mol. The van der Waals surface area contributed by atoms with Gasteiger partial charge >= 0.3 is 0 Å². The summed E-state index contributed by atoms with van der Waals surface area (Å²) in [5.41, 5.74) is 2.31. The Kier molecular flexibility index (Phi) is 8.58. The Labute approximate surface area is 231 Å². The molecule has 1 aliphatic carbocycles. The molecule has 0 bridgehead atoms. The van der Waals surface area contributed by atoms with E-state index >= 15 is 0 Å². The van der Waals surface area contributed by atoms with Gasteiger partial charge < -0.3 is 9.80 Å². The van der Waals surface area contributed by atoms with E-state index in [-0.39, 0.29) is 29.1 Å². The van der Waals surface area contributed by atoms with Crippen molar-refractivity contribution < 1.29 is 13.2 Å². The van der Waals surface area contributed by atoms with Gasteiger partial charge in [-0.2, -0.15) is 4.72 Å². The van der Waals surface area contributed by atoms with Crippen LogP contribution in [0.4, 0.5) is 5.69 Å². The molecule has 39 heavy (non-hydrogen) atoms. The van der Waals surface area contributed by atoms with Crippen molar-refractivity contribution >= 4 is 38.2 Å². The zero-order chi connectivity index (χ0) is 28.3. The number of sulfonamides is 1. The largest absolute Gasteiger partial charge is 0.377 e. The van der Waals surface area contributed by atoms with E-state index in [2.05, 4.69) is 4.72 Å². The monoisotopic (exact) mass is 550 g/mol. The molecule has 0 saturated heterocycles. The fourth-order valence-corrected chi connectivity index (χ4v) is 6.69. The molecular formula is C29H38N6O3S. The molecular weight excluding hydrogens is 512 g/mol. The number of rotatable bonds is 9. The van der Waals surface area contributed by atoms with Crippen LogP contribution in [0.3, 0.4) is 0 Å². The van der Waals surface area contributed by atoms with Crippen LogP contribution in [0.1, 0.15) is 36.8 Å². The highest BCUT2D eigenvalue weighted by Gasteiger charge is 2.33. The van der Waals surface area contributed by atoms with Gasteiger partial charge in [0.2, 0.25) is 15.9 Å². The summed E-state index contributed by atoms with van der Waals surface area (Å²) < 4.78 is 30.5. The first-order chi connectivity index (χ1) is 18.5. The highest BCUT2D eigenvalue weighted by molar-refractivity contribution is 7.89. The maximum absolute atomic E-state index is 13.9. The third-order valence-electron chi connectivity index (χ3n) is 7.47. The number of amides is 1. The van der Waals surface area contributed by atoms with Gasteiger partial charge in [-0.15, -0.1) is 0 Å². The summed E-state index contributed by atoms with van der Waals surface area (Å²) in [6.07, 6.45) is 4.14. The van der Waals surface area contributed by atoms with E-state index in [1.54, 1.807) is 61.5 Å². The molecule has 1 amide bonds. The number of nitrogens with one attached hydrogen (secondary N) is 2. The molecule has 1 fully saturated rings. The molecule has 0 radical (unpaired) electrons. The molecule has 208 valence electrons. The minimum Gasteiger partial charge on any atom is -0.377 e. The highest BCUT2D eigenvalue weighted by Crippen LogP contribution is 2.30. The second-order valence-corrected chi connectivity index (χ2v) is 12.1. The number of likely N-dealkylation sites (N-methyl/N-ethyl adjacent to an activating group) is 1. The summed E-state index contributed by atoms with van der Waals surface area (Å²) >= 11 is 0. The van der Waals surface area contributed by atoms with Crippen molar-refractivity contribution in [3.8, 4) is 0 Å². The standard InChI is InChI=1S/C29H38N6O3S/c1-33(2)26-13-7-12-24-23(26)11-8-14-27(24)39(37,38)32-25(29(36)34(3)22-9-5-6-10-22)19-20-15-17-21(18-16-20)28(30)35(4)31/h7-8,11-18,22,25,30,32H,5-6,9-10,19,31H2,1-4H3/t25-/m0/s1. The maximum atomic E-state index is 13.9. The number of hydrogen-bond acceptors (Lipinski definition) is 6. The summed E-state index contributed by atoms with van der Waals surface area (Å²) in [5, 5.41) is 10.7. The van der Waals surface area contributed by atoms with E-state index in [9.17, 15) is 13.2 Å². The Morgan fingerprint density at radius 3 is 2.21 bits per heavy atom. The van der Waals surface area contributed by atoms with E-state index in [0.717, 1.165) is 42.3 Å². The van der Waals surface area contributed by atoms with E-state index in [1.807, 2.05) is 37.2 Å². The molecule has 0 aliphatic heterocycles. The number of benzene rings is 3. The van der Waals surface area contributed by atoms with Crippen LogP contribution in [0, 0.1) is 5.41 Å². The van der Waals surface area contributed by atoms with Crippen molar-refractivity contribution in [3.63, 3.8) is 0 Å². The van der Waals surface area contributed by atoms with Crippen LogP contribution >= 0.6 is 0 Å². The Morgan fingerprint density at radius 1 is 0.974 bits per heavy atom.